The van der Waals surface area contributed by atoms with E-state index in [1.165, 1.54) is 18.4 Å². The Morgan fingerprint density at radius 1 is 1.41 bits per heavy atom. The Kier molecular flexibility index (Phi) is 4.34. The molecule has 0 aliphatic heterocycles. The van der Waals surface area contributed by atoms with Crippen molar-refractivity contribution in [3.8, 4) is 5.88 Å². The molecule has 94 valence electrons. The van der Waals surface area contributed by atoms with Gasteiger partial charge < -0.3 is 15.0 Å². The summed E-state index contributed by atoms with van der Waals surface area (Å²) in [6.07, 6.45) is 4.53. The molecule has 4 nitrogen and oxygen atoms in total. The summed E-state index contributed by atoms with van der Waals surface area (Å²) in [5.74, 6) is 0.710. The van der Waals surface area contributed by atoms with Crippen LogP contribution in [-0.2, 0) is 6.54 Å². The Balaban J connectivity index is 1.72. The lowest BCUT2D eigenvalue weighted by Crippen LogP contribution is -2.19. The Bertz CT molecular complexity index is 333. The average molecular weight is 235 g/mol. The van der Waals surface area contributed by atoms with Crippen molar-refractivity contribution in [1.82, 2.24) is 15.2 Å². The maximum absolute atomic E-state index is 5.54. The number of nitrogens with zero attached hydrogens (tertiary/aromatic N) is 2. The number of nitrogens with one attached hydrogen (secondary N) is 1. The third kappa shape index (κ3) is 4.71. The van der Waals surface area contributed by atoms with E-state index in [0.717, 1.165) is 19.1 Å². The number of hydrogen-bond acceptors (Lipinski definition) is 4. The third-order valence-electron chi connectivity index (χ3n) is 2.76. The van der Waals surface area contributed by atoms with Crippen LogP contribution in [0.15, 0.2) is 18.3 Å². The molecule has 1 N–H and O–H groups in total. The van der Waals surface area contributed by atoms with Crippen LogP contribution in [-0.4, -0.2) is 43.2 Å². The molecule has 1 aromatic heterocycles. The first-order valence-electron chi connectivity index (χ1n) is 6.20. The molecule has 17 heavy (non-hydrogen) atoms. The van der Waals surface area contributed by atoms with Crippen molar-refractivity contribution in [2.45, 2.75) is 25.4 Å². The molecule has 2 rings (SSSR count). The SMILES string of the molecule is CN(C)CCOc1ccc(CNC2CC2)cn1. The highest BCUT2D eigenvalue weighted by molar-refractivity contribution is 5.17. The van der Waals surface area contributed by atoms with E-state index in [1.807, 2.05) is 26.4 Å². The molecule has 0 aromatic carbocycles. The maximum atomic E-state index is 5.54. The number of pyridine rings is 1. The van der Waals surface area contributed by atoms with Gasteiger partial charge in [0.15, 0.2) is 0 Å². The van der Waals surface area contributed by atoms with Crippen LogP contribution in [0.5, 0.6) is 5.88 Å². The van der Waals surface area contributed by atoms with Crippen LogP contribution in [0.2, 0.25) is 0 Å². The van der Waals surface area contributed by atoms with E-state index in [9.17, 15) is 0 Å². The molecular weight excluding hydrogens is 214 g/mol. The van der Waals surface area contributed by atoms with Gasteiger partial charge in [0.05, 0.1) is 0 Å². The van der Waals surface area contributed by atoms with Crippen LogP contribution in [0.1, 0.15) is 18.4 Å². The molecule has 1 aromatic rings. The number of ether oxygens (including phenoxy) is 1. The predicted molar refractivity (Wildman–Crippen MR) is 68.1 cm³/mol. The van der Waals surface area contributed by atoms with Gasteiger partial charge in [-0.1, -0.05) is 6.07 Å². The Labute approximate surface area is 103 Å². The van der Waals surface area contributed by atoms with Crippen molar-refractivity contribution in [3.05, 3.63) is 23.9 Å². The van der Waals surface area contributed by atoms with E-state index in [0.29, 0.717) is 12.5 Å². The van der Waals surface area contributed by atoms with Gasteiger partial charge in [-0.15, -0.1) is 0 Å². The smallest absolute Gasteiger partial charge is 0.213 e. The van der Waals surface area contributed by atoms with Crippen molar-refractivity contribution in [1.29, 1.82) is 0 Å². The summed E-state index contributed by atoms with van der Waals surface area (Å²) < 4.78 is 5.54. The summed E-state index contributed by atoms with van der Waals surface area (Å²) in [5.41, 5.74) is 1.22. The highest BCUT2D eigenvalue weighted by Crippen LogP contribution is 2.19. The quantitative estimate of drug-likeness (QED) is 0.772. The molecule has 0 amide bonds. The molecule has 1 heterocycles. The fraction of sp³-hybridized carbons (Fsp3) is 0.615. The molecule has 0 saturated heterocycles. The van der Waals surface area contributed by atoms with Crippen molar-refractivity contribution < 1.29 is 4.74 Å². The summed E-state index contributed by atoms with van der Waals surface area (Å²) in [5, 5.41) is 3.46. The Hall–Kier alpha value is -1.13. The molecule has 0 unspecified atom stereocenters. The van der Waals surface area contributed by atoms with Gasteiger partial charge in [0.2, 0.25) is 5.88 Å². The summed E-state index contributed by atoms with van der Waals surface area (Å²) in [7, 11) is 4.06. The van der Waals surface area contributed by atoms with Crippen LogP contribution < -0.4 is 10.1 Å². The van der Waals surface area contributed by atoms with Gasteiger partial charge in [0, 0.05) is 31.4 Å². The van der Waals surface area contributed by atoms with E-state index in [2.05, 4.69) is 21.3 Å². The summed E-state index contributed by atoms with van der Waals surface area (Å²) in [4.78, 5) is 6.38. The van der Waals surface area contributed by atoms with Crippen LogP contribution in [0.25, 0.3) is 0 Å². The third-order valence-corrected chi connectivity index (χ3v) is 2.76. The van der Waals surface area contributed by atoms with E-state index in [4.69, 9.17) is 4.74 Å². The standard InChI is InChI=1S/C13H21N3O/c1-16(2)7-8-17-13-6-3-11(10-15-13)9-14-12-4-5-12/h3,6,10,12,14H,4-5,7-9H2,1-2H3. The molecule has 0 atom stereocenters. The molecule has 0 bridgehead atoms. The van der Waals surface area contributed by atoms with Gasteiger partial charge in [-0.25, -0.2) is 4.98 Å². The summed E-state index contributed by atoms with van der Waals surface area (Å²) in [6, 6.07) is 4.76. The van der Waals surface area contributed by atoms with Crippen molar-refractivity contribution >= 4 is 0 Å². The highest BCUT2D eigenvalue weighted by atomic mass is 16.5. The Morgan fingerprint density at radius 3 is 2.82 bits per heavy atom. The minimum atomic E-state index is 0.680. The second kappa shape index (κ2) is 5.98. The summed E-state index contributed by atoms with van der Waals surface area (Å²) >= 11 is 0. The zero-order chi connectivity index (χ0) is 12.1. The molecule has 1 fully saturated rings. The normalized spacial score (nSPS) is 15.2. The van der Waals surface area contributed by atoms with Crippen LogP contribution in [0.4, 0.5) is 0 Å². The lowest BCUT2D eigenvalue weighted by atomic mass is 10.3. The zero-order valence-electron chi connectivity index (χ0n) is 10.6. The lowest BCUT2D eigenvalue weighted by Gasteiger charge is -2.10. The molecule has 1 saturated carbocycles. The van der Waals surface area contributed by atoms with Crippen LogP contribution >= 0.6 is 0 Å². The van der Waals surface area contributed by atoms with Gasteiger partial charge in [0.25, 0.3) is 0 Å². The van der Waals surface area contributed by atoms with E-state index in [-0.39, 0.29) is 0 Å². The molecule has 4 heteroatoms. The number of rotatable bonds is 7. The molecule has 0 spiro atoms. The first-order chi connectivity index (χ1) is 8.24. The highest BCUT2D eigenvalue weighted by Gasteiger charge is 2.19. The van der Waals surface area contributed by atoms with Crippen LogP contribution in [0, 0.1) is 0 Å². The van der Waals surface area contributed by atoms with Gasteiger partial charge in [-0.3, -0.25) is 0 Å². The molecular formula is C13H21N3O. The number of aromatic nitrogens is 1. The maximum Gasteiger partial charge on any atom is 0.213 e. The van der Waals surface area contributed by atoms with Crippen molar-refractivity contribution in [2.24, 2.45) is 0 Å². The van der Waals surface area contributed by atoms with Crippen molar-refractivity contribution in [3.63, 3.8) is 0 Å². The molecule has 1 aliphatic rings. The van der Waals surface area contributed by atoms with E-state index < -0.39 is 0 Å². The second-order valence-corrected chi connectivity index (χ2v) is 4.81. The first kappa shape index (κ1) is 12.3. The first-order valence-corrected chi connectivity index (χ1v) is 6.20. The Morgan fingerprint density at radius 2 is 2.24 bits per heavy atom. The van der Waals surface area contributed by atoms with E-state index >= 15 is 0 Å². The van der Waals surface area contributed by atoms with Crippen LogP contribution in [0.3, 0.4) is 0 Å². The molecule has 1 aliphatic carbocycles. The lowest BCUT2D eigenvalue weighted by molar-refractivity contribution is 0.254. The minimum Gasteiger partial charge on any atom is -0.476 e. The van der Waals surface area contributed by atoms with Gasteiger partial charge in [-0.2, -0.15) is 0 Å². The summed E-state index contributed by atoms with van der Waals surface area (Å²) in [6.45, 7) is 2.50. The van der Waals surface area contributed by atoms with E-state index in [1.54, 1.807) is 0 Å². The fourth-order valence-electron chi connectivity index (χ4n) is 1.48. The van der Waals surface area contributed by atoms with Gasteiger partial charge in [-0.05, 0) is 32.5 Å². The average Bonchev–Trinajstić information content (AvgIpc) is 3.11. The molecule has 0 radical (unpaired) electrons. The monoisotopic (exact) mass is 235 g/mol. The largest absolute Gasteiger partial charge is 0.476 e. The predicted octanol–water partition coefficient (Wildman–Crippen LogP) is 1.27. The van der Waals surface area contributed by atoms with Gasteiger partial charge >= 0.3 is 0 Å². The zero-order valence-corrected chi connectivity index (χ0v) is 10.6. The second-order valence-electron chi connectivity index (χ2n) is 4.81. The number of likely N-dealkylation sites (N-methyl/N-ethyl adjacent to an activating group) is 1. The minimum absolute atomic E-state index is 0.680. The topological polar surface area (TPSA) is 37.4 Å². The van der Waals surface area contributed by atoms with Gasteiger partial charge in [0.1, 0.15) is 6.61 Å². The van der Waals surface area contributed by atoms with Crippen molar-refractivity contribution in [2.75, 3.05) is 27.2 Å². The number of hydrogen-bond donors (Lipinski definition) is 1. The fourth-order valence-corrected chi connectivity index (χ4v) is 1.48.